The summed E-state index contributed by atoms with van der Waals surface area (Å²) in [5, 5.41) is 10.4. The largest absolute Gasteiger partial charge is 0.508 e. The highest BCUT2D eigenvalue weighted by Crippen LogP contribution is 2.45. The summed E-state index contributed by atoms with van der Waals surface area (Å²) < 4.78 is 0. The summed E-state index contributed by atoms with van der Waals surface area (Å²) in [6, 6.07) is 3.83. The Morgan fingerprint density at radius 1 is 1.45 bits per heavy atom. The Morgan fingerprint density at radius 2 is 2.15 bits per heavy atom. The highest BCUT2D eigenvalue weighted by molar-refractivity contribution is 5.60. The van der Waals surface area contributed by atoms with Crippen LogP contribution in [0.2, 0.25) is 0 Å². The minimum atomic E-state index is 0.146. The molecule has 20 heavy (non-hydrogen) atoms. The summed E-state index contributed by atoms with van der Waals surface area (Å²) in [5.74, 6) is 0.829. The van der Waals surface area contributed by atoms with Crippen molar-refractivity contribution in [1.29, 1.82) is 0 Å². The fraction of sp³-hybridized carbons (Fsp3) is 0.444. The molecule has 3 N–H and O–H groups in total. The van der Waals surface area contributed by atoms with Gasteiger partial charge in [-0.25, -0.2) is 0 Å². The third kappa shape index (κ3) is 2.74. The average Bonchev–Trinajstić information content (AvgIpc) is 2.37. The molecule has 2 heteroatoms. The van der Waals surface area contributed by atoms with Crippen molar-refractivity contribution in [3.63, 3.8) is 0 Å². The average molecular weight is 271 g/mol. The van der Waals surface area contributed by atoms with E-state index in [2.05, 4.69) is 33.4 Å². The van der Waals surface area contributed by atoms with Gasteiger partial charge in [-0.3, -0.25) is 0 Å². The smallest absolute Gasteiger partial charge is 0.121 e. The van der Waals surface area contributed by atoms with E-state index in [0.717, 1.165) is 36.0 Å². The maximum Gasteiger partial charge on any atom is 0.121 e. The van der Waals surface area contributed by atoms with Crippen molar-refractivity contribution in [2.24, 2.45) is 5.92 Å². The number of allylic oxidation sites excluding steroid dienone is 3. The van der Waals surface area contributed by atoms with Gasteiger partial charge in [-0.15, -0.1) is 0 Å². The minimum Gasteiger partial charge on any atom is -0.508 e. The van der Waals surface area contributed by atoms with Gasteiger partial charge < -0.3 is 10.8 Å². The second-order valence-electron chi connectivity index (χ2n) is 6.00. The number of anilines is 1. The van der Waals surface area contributed by atoms with E-state index in [0.29, 0.717) is 17.4 Å². The van der Waals surface area contributed by atoms with Crippen LogP contribution in [0.15, 0.2) is 35.9 Å². The van der Waals surface area contributed by atoms with Crippen LogP contribution < -0.4 is 5.73 Å². The second-order valence-corrected chi connectivity index (χ2v) is 6.00. The van der Waals surface area contributed by atoms with Gasteiger partial charge in [-0.05, 0) is 56.7 Å². The Balaban J connectivity index is 2.52. The van der Waals surface area contributed by atoms with Gasteiger partial charge in [0.05, 0.1) is 0 Å². The van der Waals surface area contributed by atoms with Crippen LogP contribution in [0.1, 0.15) is 50.7 Å². The molecule has 0 spiro atoms. The Bertz CT molecular complexity index is 534. The summed E-state index contributed by atoms with van der Waals surface area (Å²) in [5.41, 5.74) is 11.4. The van der Waals surface area contributed by atoms with Crippen LogP contribution in [0, 0.1) is 5.92 Å². The lowest BCUT2D eigenvalue weighted by Gasteiger charge is -2.31. The van der Waals surface area contributed by atoms with Crippen LogP contribution in [0.25, 0.3) is 0 Å². The normalized spacial score (nSPS) is 22.4. The van der Waals surface area contributed by atoms with Crippen LogP contribution in [0.4, 0.5) is 5.69 Å². The van der Waals surface area contributed by atoms with Crippen LogP contribution in [-0.4, -0.2) is 5.11 Å². The van der Waals surface area contributed by atoms with Crippen LogP contribution in [0.3, 0.4) is 0 Å². The number of benzene rings is 1. The van der Waals surface area contributed by atoms with Crippen LogP contribution in [-0.2, 0) is 6.42 Å². The molecule has 1 aromatic rings. The van der Waals surface area contributed by atoms with E-state index in [1.165, 1.54) is 5.57 Å². The van der Waals surface area contributed by atoms with Crippen molar-refractivity contribution in [3.05, 3.63) is 47.1 Å². The first-order valence-corrected chi connectivity index (χ1v) is 7.38. The summed E-state index contributed by atoms with van der Waals surface area (Å²) in [4.78, 5) is 0. The fourth-order valence-electron chi connectivity index (χ4n) is 3.19. The third-order valence-corrected chi connectivity index (χ3v) is 4.37. The van der Waals surface area contributed by atoms with Crippen molar-refractivity contribution in [2.75, 3.05) is 5.73 Å². The number of rotatable bonds is 3. The quantitative estimate of drug-likeness (QED) is 0.625. The molecule has 0 bridgehead atoms. The van der Waals surface area contributed by atoms with Gasteiger partial charge >= 0.3 is 0 Å². The van der Waals surface area contributed by atoms with E-state index in [4.69, 9.17) is 5.73 Å². The monoisotopic (exact) mass is 271 g/mol. The third-order valence-electron chi connectivity index (χ3n) is 4.37. The number of aromatic hydroxyl groups is 1. The number of hydrogen-bond acceptors (Lipinski definition) is 2. The Kier molecular flexibility index (Phi) is 4.22. The van der Waals surface area contributed by atoms with Crippen molar-refractivity contribution < 1.29 is 5.11 Å². The molecule has 0 saturated heterocycles. The maximum atomic E-state index is 10.4. The summed E-state index contributed by atoms with van der Waals surface area (Å²) >= 11 is 0. The Hall–Kier alpha value is -1.70. The van der Waals surface area contributed by atoms with Gasteiger partial charge in [-0.2, -0.15) is 0 Å². The lowest BCUT2D eigenvalue weighted by atomic mass is 9.73. The van der Waals surface area contributed by atoms with Crippen molar-refractivity contribution in [3.8, 4) is 5.75 Å². The van der Waals surface area contributed by atoms with Gasteiger partial charge in [0.2, 0.25) is 0 Å². The molecule has 0 saturated carbocycles. The van der Waals surface area contributed by atoms with Crippen LogP contribution in [0.5, 0.6) is 5.75 Å². The fourth-order valence-corrected chi connectivity index (χ4v) is 3.19. The lowest BCUT2D eigenvalue weighted by molar-refractivity contribution is 0.437. The van der Waals surface area contributed by atoms with Crippen molar-refractivity contribution in [1.82, 2.24) is 0 Å². The van der Waals surface area contributed by atoms with E-state index < -0.39 is 0 Å². The summed E-state index contributed by atoms with van der Waals surface area (Å²) in [7, 11) is 0. The SMILES string of the molecule is C=C(C)C1CCC(C)=CC1c1c(N)cc(CC)cc1O. The molecule has 2 rings (SSSR count). The Labute approximate surface area is 122 Å². The first-order chi connectivity index (χ1) is 9.43. The first kappa shape index (κ1) is 14.7. The predicted molar refractivity (Wildman–Crippen MR) is 85.9 cm³/mol. The van der Waals surface area contributed by atoms with Crippen molar-refractivity contribution in [2.45, 2.75) is 46.0 Å². The van der Waals surface area contributed by atoms with E-state index >= 15 is 0 Å². The highest BCUT2D eigenvalue weighted by atomic mass is 16.3. The molecule has 108 valence electrons. The molecule has 1 aliphatic rings. The van der Waals surface area contributed by atoms with Gasteiger partial charge in [0, 0.05) is 17.2 Å². The number of hydrogen-bond donors (Lipinski definition) is 2. The number of phenolic OH excluding ortho intramolecular Hbond substituents is 1. The van der Waals surface area contributed by atoms with E-state index in [9.17, 15) is 5.11 Å². The molecule has 1 aliphatic carbocycles. The highest BCUT2D eigenvalue weighted by Gasteiger charge is 2.29. The van der Waals surface area contributed by atoms with Gasteiger partial charge in [0.15, 0.2) is 0 Å². The minimum absolute atomic E-state index is 0.146. The predicted octanol–water partition coefficient (Wildman–Crippen LogP) is 4.55. The van der Waals surface area contributed by atoms with Crippen LogP contribution >= 0.6 is 0 Å². The van der Waals surface area contributed by atoms with E-state index in [1.54, 1.807) is 0 Å². The van der Waals surface area contributed by atoms with Gasteiger partial charge in [0.1, 0.15) is 5.75 Å². The Morgan fingerprint density at radius 3 is 2.70 bits per heavy atom. The van der Waals surface area contributed by atoms with Crippen molar-refractivity contribution >= 4 is 5.69 Å². The molecule has 2 nitrogen and oxygen atoms in total. The zero-order valence-electron chi connectivity index (χ0n) is 12.7. The topological polar surface area (TPSA) is 46.2 Å². The first-order valence-electron chi connectivity index (χ1n) is 7.38. The molecule has 0 radical (unpaired) electrons. The van der Waals surface area contributed by atoms with Gasteiger partial charge in [0.25, 0.3) is 0 Å². The lowest BCUT2D eigenvalue weighted by Crippen LogP contribution is -2.18. The number of nitrogens with two attached hydrogens (primary N) is 1. The maximum absolute atomic E-state index is 10.4. The standard InChI is InChI=1S/C18H25NO/c1-5-13-9-16(19)18(17(20)10-13)15-8-12(4)6-7-14(15)11(2)3/h8-10,14-15,20H,2,5-7,19H2,1,3-4H3. The molecule has 0 fully saturated rings. The number of aryl methyl sites for hydroxylation is 1. The summed E-state index contributed by atoms with van der Waals surface area (Å²) in [6.45, 7) is 10.4. The molecule has 0 aromatic heterocycles. The molecule has 1 aromatic carbocycles. The van der Waals surface area contributed by atoms with E-state index in [1.807, 2.05) is 12.1 Å². The molecule has 0 aliphatic heterocycles. The number of nitrogen functional groups attached to an aromatic ring is 1. The second kappa shape index (κ2) is 5.74. The van der Waals surface area contributed by atoms with E-state index in [-0.39, 0.29) is 5.92 Å². The molecule has 0 heterocycles. The molecule has 2 atom stereocenters. The molecule has 2 unspecified atom stereocenters. The molecular formula is C18H25NO. The van der Waals surface area contributed by atoms with Gasteiger partial charge in [-0.1, -0.05) is 30.7 Å². The molecular weight excluding hydrogens is 246 g/mol. The summed E-state index contributed by atoms with van der Waals surface area (Å²) in [6.07, 6.45) is 5.31. The number of phenols is 1. The molecule has 0 amide bonds. The zero-order chi connectivity index (χ0) is 14.9. The zero-order valence-corrected chi connectivity index (χ0v) is 12.7.